The van der Waals surface area contributed by atoms with Gasteiger partial charge in [0.05, 0.1) is 5.92 Å². The second-order valence-electron chi connectivity index (χ2n) is 6.73. The van der Waals surface area contributed by atoms with Gasteiger partial charge < -0.3 is 10.4 Å². The van der Waals surface area contributed by atoms with E-state index >= 15 is 0 Å². The minimum Gasteiger partial charge on any atom is -0.481 e. The number of amides is 1. The van der Waals surface area contributed by atoms with Crippen LogP contribution in [0, 0.1) is 29.6 Å². The van der Waals surface area contributed by atoms with E-state index in [1.807, 2.05) is 0 Å². The van der Waals surface area contributed by atoms with Crippen molar-refractivity contribution in [3.05, 3.63) is 0 Å². The lowest BCUT2D eigenvalue weighted by Crippen LogP contribution is -2.35. The molecular weight excluding hydrogens is 242 g/mol. The van der Waals surface area contributed by atoms with E-state index in [9.17, 15) is 9.59 Å². The van der Waals surface area contributed by atoms with Crippen molar-refractivity contribution >= 4 is 11.9 Å². The van der Waals surface area contributed by atoms with E-state index in [1.165, 1.54) is 25.7 Å². The number of nitrogens with one attached hydrogen (secondary N) is 1. The Morgan fingerprint density at radius 3 is 2.37 bits per heavy atom. The number of rotatable bonds is 4. The van der Waals surface area contributed by atoms with Gasteiger partial charge in [0.15, 0.2) is 0 Å². The van der Waals surface area contributed by atoms with E-state index in [0.29, 0.717) is 18.8 Å². The van der Waals surface area contributed by atoms with Gasteiger partial charge in [0, 0.05) is 12.5 Å². The van der Waals surface area contributed by atoms with Crippen LogP contribution in [0.25, 0.3) is 0 Å². The second kappa shape index (κ2) is 5.14. The molecule has 4 heteroatoms. The van der Waals surface area contributed by atoms with Crippen molar-refractivity contribution in [3.63, 3.8) is 0 Å². The molecule has 19 heavy (non-hydrogen) atoms. The number of aliphatic carboxylic acids is 1. The first-order valence-corrected chi connectivity index (χ1v) is 7.64. The number of carbonyl (C=O) groups excluding carboxylic acids is 1. The van der Waals surface area contributed by atoms with E-state index in [2.05, 4.69) is 5.32 Å². The first kappa shape index (κ1) is 12.9. The van der Waals surface area contributed by atoms with Gasteiger partial charge in [0.1, 0.15) is 0 Å². The zero-order valence-corrected chi connectivity index (χ0v) is 11.3. The third-order valence-corrected chi connectivity index (χ3v) is 5.58. The first-order valence-electron chi connectivity index (χ1n) is 7.64. The van der Waals surface area contributed by atoms with Gasteiger partial charge in [-0.25, -0.2) is 0 Å². The van der Waals surface area contributed by atoms with Crippen LogP contribution < -0.4 is 5.32 Å². The van der Waals surface area contributed by atoms with Crippen molar-refractivity contribution in [2.75, 3.05) is 6.54 Å². The molecule has 2 N–H and O–H groups in total. The van der Waals surface area contributed by atoms with Gasteiger partial charge in [-0.05, 0) is 56.3 Å². The van der Waals surface area contributed by atoms with Crippen LogP contribution in [0.2, 0.25) is 0 Å². The minimum absolute atomic E-state index is 0.0697. The molecule has 0 aromatic carbocycles. The Bertz CT molecular complexity index is 382. The van der Waals surface area contributed by atoms with Crippen LogP contribution in [0.15, 0.2) is 0 Å². The zero-order chi connectivity index (χ0) is 13.4. The Hall–Kier alpha value is -1.06. The molecule has 3 aliphatic rings. The summed E-state index contributed by atoms with van der Waals surface area (Å²) in [5, 5.41) is 12.0. The highest BCUT2D eigenvalue weighted by molar-refractivity contribution is 5.80. The second-order valence-corrected chi connectivity index (χ2v) is 6.73. The number of fused-ring (bicyclic) bond motifs is 2. The molecule has 3 fully saturated rings. The van der Waals surface area contributed by atoms with Gasteiger partial charge in [-0.1, -0.05) is 6.42 Å². The summed E-state index contributed by atoms with van der Waals surface area (Å²) >= 11 is 0. The van der Waals surface area contributed by atoms with Crippen LogP contribution in [0.4, 0.5) is 0 Å². The highest BCUT2D eigenvalue weighted by Crippen LogP contribution is 2.48. The summed E-state index contributed by atoms with van der Waals surface area (Å²) < 4.78 is 0. The van der Waals surface area contributed by atoms with Crippen molar-refractivity contribution in [1.82, 2.24) is 5.32 Å². The lowest BCUT2D eigenvalue weighted by Gasteiger charge is -2.22. The molecule has 2 bridgehead atoms. The van der Waals surface area contributed by atoms with Crippen LogP contribution in [-0.4, -0.2) is 23.5 Å². The van der Waals surface area contributed by atoms with Gasteiger partial charge in [-0.2, -0.15) is 0 Å². The lowest BCUT2D eigenvalue weighted by molar-refractivity contribution is -0.141. The molecule has 0 aromatic heterocycles. The smallest absolute Gasteiger partial charge is 0.306 e. The molecule has 1 amide bonds. The molecule has 4 nitrogen and oxygen atoms in total. The number of carboxylic acids is 1. The molecule has 0 aliphatic heterocycles. The quantitative estimate of drug-likeness (QED) is 0.817. The normalized spacial score (nSPS) is 40.5. The van der Waals surface area contributed by atoms with Crippen LogP contribution >= 0.6 is 0 Å². The van der Waals surface area contributed by atoms with E-state index in [-0.39, 0.29) is 17.7 Å². The Labute approximate surface area is 113 Å². The number of hydrogen-bond acceptors (Lipinski definition) is 2. The summed E-state index contributed by atoms with van der Waals surface area (Å²) in [5.41, 5.74) is 0. The Morgan fingerprint density at radius 2 is 1.79 bits per heavy atom. The summed E-state index contributed by atoms with van der Waals surface area (Å²) in [4.78, 5) is 23.0. The Morgan fingerprint density at radius 1 is 1.00 bits per heavy atom. The minimum atomic E-state index is -0.747. The zero-order valence-electron chi connectivity index (χ0n) is 11.3. The van der Waals surface area contributed by atoms with Gasteiger partial charge in [-0.3, -0.25) is 9.59 Å². The SMILES string of the molecule is O=C(O)C1CCC(C(=O)NCC2CC3CCC2C3)C1. The number of carbonyl (C=O) groups is 2. The Balaban J connectivity index is 1.43. The molecule has 3 saturated carbocycles. The highest BCUT2D eigenvalue weighted by atomic mass is 16.4. The van der Waals surface area contributed by atoms with E-state index < -0.39 is 5.97 Å². The molecule has 5 atom stereocenters. The summed E-state index contributed by atoms with van der Waals surface area (Å²) in [6, 6.07) is 0. The Kier molecular flexibility index (Phi) is 3.50. The average Bonchev–Trinajstić information content (AvgIpc) is 3.10. The lowest BCUT2D eigenvalue weighted by atomic mass is 9.88. The van der Waals surface area contributed by atoms with Gasteiger partial charge in [-0.15, -0.1) is 0 Å². The van der Waals surface area contributed by atoms with E-state index in [4.69, 9.17) is 5.11 Å². The third-order valence-electron chi connectivity index (χ3n) is 5.58. The maximum atomic E-state index is 12.1. The molecule has 106 valence electrons. The van der Waals surface area contributed by atoms with Gasteiger partial charge >= 0.3 is 5.97 Å². The average molecular weight is 265 g/mol. The largest absolute Gasteiger partial charge is 0.481 e. The molecule has 0 heterocycles. The molecular formula is C15H23NO3. The van der Waals surface area contributed by atoms with Crippen molar-refractivity contribution in [2.45, 2.75) is 44.9 Å². The van der Waals surface area contributed by atoms with E-state index in [0.717, 1.165) is 24.8 Å². The summed E-state index contributed by atoms with van der Waals surface area (Å²) in [7, 11) is 0. The molecule has 0 aromatic rings. The molecule has 3 aliphatic carbocycles. The van der Waals surface area contributed by atoms with Gasteiger partial charge in [0.25, 0.3) is 0 Å². The van der Waals surface area contributed by atoms with Crippen LogP contribution in [0.3, 0.4) is 0 Å². The summed E-state index contributed by atoms with van der Waals surface area (Å²) in [6.07, 6.45) is 7.30. The molecule has 3 rings (SSSR count). The maximum Gasteiger partial charge on any atom is 0.306 e. The predicted octanol–water partition coefficient (Wildman–Crippen LogP) is 2.04. The summed E-state index contributed by atoms with van der Waals surface area (Å²) in [5.74, 6) is 1.39. The van der Waals surface area contributed by atoms with Crippen LogP contribution in [-0.2, 0) is 9.59 Å². The predicted molar refractivity (Wildman–Crippen MR) is 70.4 cm³/mol. The number of carboxylic acid groups (broad SMARTS) is 1. The topological polar surface area (TPSA) is 66.4 Å². The fraction of sp³-hybridized carbons (Fsp3) is 0.867. The molecule has 5 unspecified atom stereocenters. The summed E-state index contributed by atoms with van der Waals surface area (Å²) in [6.45, 7) is 0.814. The van der Waals surface area contributed by atoms with Crippen molar-refractivity contribution in [3.8, 4) is 0 Å². The molecule has 0 radical (unpaired) electrons. The van der Waals surface area contributed by atoms with Crippen LogP contribution in [0.5, 0.6) is 0 Å². The third kappa shape index (κ3) is 2.63. The monoisotopic (exact) mass is 265 g/mol. The molecule has 0 saturated heterocycles. The van der Waals surface area contributed by atoms with E-state index in [1.54, 1.807) is 0 Å². The van der Waals surface area contributed by atoms with Crippen molar-refractivity contribution in [1.29, 1.82) is 0 Å². The number of hydrogen-bond donors (Lipinski definition) is 2. The van der Waals surface area contributed by atoms with Crippen molar-refractivity contribution < 1.29 is 14.7 Å². The van der Waals surface area contributed by atoms with Crippen molar-refractivity contribution in [2.24, 2.45) is 29.6 Å². The van der Waals surface area contributed by atoms with Gasteiger partial charge in [0.2, 0.25) is 5.91 Å². The molecule has 0 spiro atoms. The maximum absolute atomic E-state index is 12.1. The first-order chi connectivity index (χ1) is 9.13. The fourth-order valence-electron chi connectivity index (χ4n) is 4.45. The fourth-order valence-corrected chi connectivity index (χ4v) is 4.45. The highest BCUT2D eigenvalue weighted by Gasteiger charge is 2.40. The standard InChI is InChI=1S/C15H23NO3/c17-14(11-3-4-12(7-11)15(18)19)16-8-13-6-9-1-2-10(13)5-9/h9-13H,1-8H2,(H,16,17)(H,18,19). The van der Waals surface area contributed by atoms with Crippen LogP contribution in [0.1, 0.15) is 44.9 Å².